The molecule has 10 heteroatoms. The van der Waals surface area contributed by atoms with Crippen molar-refractivity contribution in [2.45, 2.75) is 30.7 Å². The van der Waals surface area contributed by atoms with Gasteiger partial charge in [-0.1, -0.05) is 23.8 Å². The van der Waals surface area contributed by atoms with E-state index in [4.69, 9.17) is 9.47 Å². The number of rotatable bonds is 7. The van der Waals surface area contributed by atoms with Gasteiger partial charge in [-0.15, -0.1) is 0 Å². The molecule has 0 spiro atoms. The van der Waals surface area contributed by atoms with Crippen molar-refractivity contribution in [2.75, 3.05) is 33.9 Å². The maximum absolute atomic E-state index is 12.9. The summed E-state index contributed by atoms with van der Waals surface area (Å²) in [7, 11) is -0.319. The van der Waals surface area contributed by atoms with E-state index in [1.165, 1.54) is 39.9 Å². The summed E-state index contributed by atoms with van der Waals surface area (Å²) in [6.07, 6.45) is 2.80. The second kappa shape index (κ2) is 10.2. The Hall–Kier alpha value is -2.53. The quantitative estimate of drug-likeness (QED) is 0.508. The zero-order chi connectivity index (χ0) is 23.4. The zero-order valence-corrected chi connectivity index (χ0v) is 20.3. The van der Waals surface area contributed by atoms with Crippen molar-refractivity contribution in [2.24, 2.45) is 4.99 Å². The predicted octanol–water partition coefficient (Wildman–Crippen LogP) is 3.27. The molecule has 1 fully saturated rings. The van der Waals surface area contributed by atoms with Gasteiger partial charge in [0, 0.05) is 32.3 Å². The molecule has 1 amide bonds. The van der Waals surface area contributed by atoms with E-state index in [1.807, 2.05) is 22.8 Å². The van der Waals surface area contributed by atoms with Crippen LogP contribution >= 0.6 is 11.3 Å². The van der Waals surface area contributed by atoms with Crippen molar-refractivity contribution < 1.29 is 22.7 Å². The molecule has 1 aliphatic heterocycles. The highest BCUT2D eigenvalue weighted by Gasteiger charge is 2.26. The number of fused-ring (bicyclic) bond motifs is 1. The lowest BCUT2D eigenvalue weighted by Gasteiger charge is -2.25. The van der Waals surface area contributed by atoms with Crippen LogP contribution in [0.25, 0.3) is 10.2 Å². The average molecular weight is 490 g/mol. The van der Waals surface area contributed by atoms with E-state index in [1.54, 1.807) is 14.2 Å². The van der Waals surface area contributed by atoms with Gasteiger partial charge in [-0.2, -0.15) is 9.30 Å². The molecule has 4 rings (SSSR count). The Kier molecular flexibility index (Phi) is 7.28. The van der Waals surface area contributed by atoms with E-state index >= 15 is 0 Å². The van der Waals surface area contributed by atoms with E-state index < -0.39 is 15.9 Å². The standard InChI is InChI=1S/C23H27N3O5S2/c1-30-16-15-26-21-19(31-2)7-6-8-20(21)32-23(26)24-22(27)17-9-11-18(12-10-17)33(28,29)25-13-4-3-5-14-25/h6-12H,3-5,13-16H2,1-2H3. The summed E-state index contributed by atoms with van der Waals surface area (Å²) in [5, 5.41) is 0. The van der Waals surface area contributed by atoms with Gasteiger partial charge in [0.15, 0.2) is 4.80 Å². The number of hydrogen-bond donors (Lipinski definition) is 0. The number of nitrogens with zero attached hydrogens (tertiary/aromatic N) is 3. The highest BCUT2D eigenvalue weighted by atomic mass is 32.2. The number of sulfonamides is 1. The van der Waals surface area contributed by atoms with Crippen LogP contribution in [0.4, 0.5) is 0 Å². The van der Waals surface area contributed by atoms with Gasteiger partial charge >= 0.3 is 0 Å². The molecule has 8 nitrogen and oxygen atoms in total. The molecule has 33 heavy (non-hydrogen) atoms. The average Bonchev–Trinajstić information content (AvgIpc) is 3.20. The van der Waals surface area contributed by atoms with Crippen LogP contribution in [-0.4, -0.2) is 57.1 Å². The highest BCUT2D eigenvalue weighted by molar-refractivity contribution is 7.89. The molecule has 1 saturated heterocycles. The molecule has 3 aromatic rings. The Morgan fingerprint density at radius 1 is 1.06 bits per heavy atom. The second-order valence-electron chi connectivity index (χ2n) is 7.74. The largest absolute Gasteiger partial charge is 0.495 e. The molecule has 0 bridgehead atoms. The number of hydrogen-bond acceptors (Lipinski definition) is 6. The number of carbonyl (C=O) groups is 1. The molecular weight excluding hydrogens is 462 g/mol. The van der Waals surface area contributed by atoms with Gasteiger partial charge < -0.3 is 14.0 Å². The third-order valence-electron chi connectivity index (χ3n) is 5.65. The maximum atomic E-state index is 12.9. The number of piperidine rings is 1. The van der Waals surface area contributed by atoms with Crippen LogP contribution in [0.1, 0.15) is 29.6 Å². The zero-order valence-electron chi connectivity index (χ0n) is 18.7. The van der Waals surface area contributed by atoms with Gasteiger partial charge in [-0.3, -0.25) is 4.79 Å². The lowest BCUT2D eigenvalue weighted by molar-refractivity contribution is 0.0997. The molecule has 0 unspecified atom stereocenters. The van der Waals surface area contributed by atoms with Crippen molar-refractivity contribution >= 4 is 37.5 Å². The number of ether oxygens (including phenoxy) is 2. The molecule has 0 saturated carbocycles. The summed E-state index contributed by atoms with van der Waals surface area (Å²) in [5.41, 5.74) is 1.19. The van der Waals surface area contributed by atoms with E-state index in [0.717, 1.165) is 29.5 Å². The Morgan fingerprint density at radius 2 is 1.79 bits per heavy atom. The number of benzene rings is 2. The summed E-state index contributed by atoms with van der Waals surface area (Å²) < 4.78 is 40.8. The number of carbonyl (C=O) groups excluding carboxylic acids is 1. The summed E-state index contributed by atoms with van der Waals surface area (Å²) in [4.78, 5) is 18.0. The summed E-state index contributed by atoms with van der Waals surface area (Å²) in [6, 6.07) is 11.7. The minimum absolute atomic E-state index is 0.197. The Morgan fingerprint density at radius 3 is 2.45 bits per heavy atom. The first kappa shape index (κ1) is 23.6. The number of para-hydroxylation sites is 1. The molecule has 0 atom stereocenters. The summed E-state index contributed by atoms with van der Waals surface area (Å²) >= 11 is 1.39. The lowest BCUT2D eigenvalue weighted by atomic mass is 10.2. The Bertz CT molecular complexity index is 1300. The van der Waals surface area contributed by atoms with Crippen LogP contribution in [0.5, 0.6) is 5.75 Å². The Balaban J connectivity index is 1.67. The lowest BCUT2D eigenvalue weighted by Crippen LogP contribution is -2.35. The topological polar surface area (TPSA) is 90.2 Å². The minimum Gasteiger partial charge on any atom is -0.495 e. The summed E-state index contributed by atoms with van der Waals surface area (Å²) in [5.74, 6) is 0.259. The van der Waals surface area contributed by atoms with Gasteiger partial charge in [-0.25, -0.2) is 8.42 Å². The fourth-order valence-corrected chi connectivity index (χ4v) is 6.50. The summed E-state index contributed by atoms with van der Waals surface area (Å²) in [6.45, 7) is 2.04. The molecule has 0 radical (unpaired) electrons. The van der Waals surface area contributed by atoms with Crippen molar-refractivity contribution in [3.05, 3.63) is 52.8 Å². The van der Waals surface area contributed by atoms with Crippen LogP contribution < -0.4 is 9.54 Å². The van der Waals surface area contributed by atoms with Gasteiger partial charge in [0.25, 0.3) is 5.91 Å². The number of amides is 1. The van der Waals surface area contributed by atoms with Crippen LogP contribution in [0, 0.1) is 0 Å². The smallest absolute Gasteiger partial charge is 0.279 e. The third-order valence-corrected chi connectivity index (χ3v) is 8.61. The van der Waals surface area contributed by atoms with Crippen molar-refractivity contribution in [1.82, 2.24) is 8.87 Å². The SMILES string of the molecule is COCCn1c(=NC(=O)c2ccc(S(=O)(=O)N3CCCCC3)cc2)sc2cccc(OC)c21. The Labute approximate surface area is 197 Å². The molecule has 2 heterocycles. The molecule has 0 aliphatic carbocycles. The van der Waals surface area contributed by atoms with E-state index in [9.17, 15) is 13.2 Å². The van der Waals surface area contributed by atoms with Gasteiger partial charge in [-0.05, 0) is 49.2 Å². The number of thiazole rings is 1. The van der Waals surface area contributed by atoms with Gasteiger partial charge in [0.2, 0.25) is 10.0 Å². The normalized spacial score (nSPS) is 15.8. The first-order chi connectivity index (χ1) is 16.0. The molecule has 0 N–H and O–H groups in total. The first-order valence-electron chi connectivity index (χ1n) is 10.8. The van der Waals surface area contributed by atoms with Crippen LogP contribution in [0.2, 0.25) is 0 Å². The third kappa shape index (κ3) is 4.89. The van der Waals surface area contributed by atoms with Gasteiger partial charge in [0.05, 0.1) is 23.3 Å². The van der Waals surface area contributed by atoms with Crippen LogP contribution in [0.15, 0.2) is 52.4 Å². The van der Waals surface area contributed by atoms with Crippen LogP contribution in [0.3, 0.4) is 0 Å². The molecule has 176 valence electrons. The van der Waals surface area contributed by atoms with Crippen molar-refractivity contribution in [3.8, 4) is 5.75 Å². The first-order valence-corrected chi connectivity index (χ1v) is 13.1. The highest BCUT2D eigenvalue weighted by Crippen LogP contribution is 2.27. The fourth-order valence-electron chi connectivity index (χ4n) is 3.91. The van der Waals surface area contributed by atoms with E-state index in [-0.39, 0.29) is 4.90 Å². The molecular formula is C23H27N3O5S2. The van der Waals surface area contributed by atoms with Crippen molar-refractivity contribution in [1.29, 1.82) is 0 Å². The van der Waals surface area contributed by atoms with Gasteiger partial charge in [0.1, 0.15) is 11.3 Å². The minimum atomic E-state index is -3.54. The number of methoxy groups -OCH3 is 2. The monoisotopic (exact) mass is 489 g/mol. The number of aromatic nitrogens is 1. The van der Waals surface area contributed by atoms with Crippen LogP contribution in [-0.2, 0) is 21.3 Å². The molecule has 1 aliphatic rings. The second-order valence-corrected chi connectivity index (χ2v) is 10.7. The maximum Gasteiger partial charge on any atom is 0.279 e. The van der Waals surface area contributed by atoms with E-state index in [0.29, 0.717) is 42.4 Å². The molecule has 2 aromatic carbocycles. The van der Waals surface area contributed by atoms with E-state index in [2.05, 4.69) is 4.99 Å². The fraction of sp³-hybridized carbons (Fsp3) is 0.391. The van der Waals surface area contributed by atoms with Crippen molar-refractivity contribution in [3.63, 3.8) is 0 Å². The predicted molar refractivity (Wildman–Crippen MR) is 127 cm³/mol. The molecule has 1 aromatic heterocycles.